The van der Waals surface area contributed by atoms with E-state index in [1.807, 2.05) is 0 Å². The molecule has 0 radical (unpaired) electrons. The van der Waals surface area contributed by atoms with Crippen molar-refractivity contribution in [1.82, 2.24) is 4.90 Å². The van der Waals surface area contributed by atoms with Crippen LogP contribution in [0.3, 0.4) is 0 Å². The average Bonchev–Trinajstić information content (AvgIpc) is 2.59. The van der Waals surface area contributed by atoms with E-state index in [0.29, 0.717) is 5.41 Å². The van der Waals surface area contributed by atoms with Gasteiger partial charge in [-0.25, -0.2) is 0 Å². The van der Waals surface area contributed by atoms with Gasteiger partial charge in [-0.1, -0.05) is 78.1 Å². The summed E-state index contributed by atoms with van der Waals surface area (Å²) < 4.78 is 0. The minimum absolute atomic E-state index is 0.138. The lowest BCUT2D eigenvalue weighted by atomic mass is 9.80. The van der Waals surface area contributed by atoms with Gasteiger partial charge in [0.1, 0.15) is 0 Å². The molecule has 0 bridgehead atoms. The highest BCUT2D eigenvalue weighted by atomic mass is 16.3. The van der Waals surface area contributed by atoms with Crippen LogP contribution in [0.25, 0.3) is 0 Å². The Kier molecular flexibility index (Phi) is 12.0. The summed E-state index contributed by atoms with van der Waals surface area (Å²) in [5.41, 5.74) is 6.19. The average molecular weight is 341 g/mol. The third kappa shape index (κ3) is 10.0. The quantitative estimate of drug-likeness (QED) is 0.450. The predicted octanol–water partition coefficient (Wildman–Crippen LogP) is 4.72. The summed E-state index contributed by atoms with van der Waals surface area (Å²) in [5, 5.41) is 10.2. The molecule has 0 amide bonds. The van der Waals surface area contributed by atoms with Crippen molar-refractivity contribution in [3.8, 4) is 0 Å². The number of piperidine rings is 1. The Balaban J connectivity index is 1.91. The second kappa shape index (κ2) is 13.1. The largest absolute Gasteiger partial charge is 0.392 e. The fraction of sp³-hybridized carbons (Fsp3) is 1.00. The summed E-state index contributed by atoms with van der Waals surface area (Å²) in [5.74, 6) is 0. The summed E-state index contributed by atoms with van der Waals surface area (Å²) in [6.07, 6.45) is 16.8. The minimum Gasteiger partial charge on any atom is -0.392 e. The van der Waals surface area contributed by atoms with Crippen LogP contribution in [0, 0.1) is 5.41 Å². The molecule has 1 fully saturated rings. The number of nitrogens with zero attached hydrogens (tertiary/aromatic N) is 1. The van der Waals surface area contributed by atoms with Crippen LogP contribution >= 0.6 is 0 Å². The van der Waals surface area contributed by atoms with Crippen molar-refractivity contribution in [3.63, 3.8) is 0 Å². The number of hydrogen-bond donors (Lipinski definition) is 2. The number of aliphatic hydroxyl groups is 1. The van der Waals surface area contributed by atoms with E-state index in [9.17, 15) is 5.11 Å². The fourth-order valence-electron chi connectivity index (χ4n) is 3.74. The monoisotopic (exact) mass is 340 g/mol. The first kappa shape index (κ1) is 21.9. The van der Waals surface area contributed by atoms with Crippen LogP contribution in [0.1, 0.15) is 97.3 Å². The highest BCUT2D eigenvalue weighted by Gasteiger charge is 2.29. The van der Waals surface area contributed by atoms with Gasteiger partial charge in [0, 0.05) is 6.54 Å². The first-order valence-electron chi connectivity index (χ1n) is 10.7. The van der Waals surface area contributed by atoms with Crippen molar-refractivity contribution in [2.45, 2.75) is 103 Å². The molecule has 1 rings (SSSR count). The number of nitrogens with two attached hydrogens (primary N) is 1. The lowest BCUT2D eigenvalue weighted by Gasteiger charge is -2.39. The van der Waals surface area contributed by atoms with Crippen molar-refractivity contribution in [2.24, 2.45) is 11.1 Å². The second-order valence-electron chi connectivity index (χ2n) is 8.44. The zero-order valence-corrected chi connectivity index (χ0v) is 16.6. The molecule has 1 atom stereocenters. The van der Waals surface area contributed by atoms with Crippen LogP contribution in [0.15, 0.2) is 0 Å². The van der Waals surface area contributed by atoms with Gasteiger partial charge in [0.25, 0.3) is 0 Å². The molecule has 1 saturated heterocycles. The normalized spacial score (nSPS) is 19.5. The number of hydrogen-bond acceptors (Lipinski definition) is 3. The van der Waals surface area contributed by atoms with Gasteiger partial charge < -0.3 is 15.7 Å². The smallest absolute Gasteiger partial charge is 0.0667 e. The van der Waals surface area contributed by atoms with E-state index in [0.717, 1.165) is 32.6 Å². The number of likely N-dealkylation sites (tertiary alicyclic amines) is 1. The van der Waals surface area contributed by atoms with Gasteiger partial charge in [0.05, 0.1) is 6.10 Å². The van der Waals surface area contributed by atoms with Crippen LogP contribution in [-0.2, 0) is 0 Å². The molecule has 1 unspecified atom stereocenters. The summed E-state index contributed by atoms with van der Waals surface area (Å²) in [7, 11) is 0. The lowest BCUT2D eigenvalue weighted by Crippen LogP contribution is -2.44. The molecule has 1 aliphatic heterocycles. The first-order valence-corrected chi connectivity index (χ1v) is 10.7. The van der Waals surface area contributed by atoms with E-state index >= 15 is 0 Å². The molecule has 3 nitrogen and oxygen atoms in total. The maximum absolute atomic E-state index is 10.2. The topological polar surface area (TPSA) is 49.5 Å². The van der Waals surface area contributed by atoms with Crippen molar-refractivity contribution < 1.29 is 5.11 Å². The van der Waals surface area contributed by atoms with Gasteiger partial charge >= 0.3 is 0 Å². The molecule has 3 heteroatoms. The van der Waals surface area contributed by atoms with Crippen LogP contribution in [0.2, 0.25) is 0 Å². The third-order valence-corrected chi connectivity index (χ3v) is 5.92. The summed E-state index contributed by atoms with van der Waals surface area (Å²) in [6.45, 7) is 8.42. The summed E-state index contributed by atoms with van der Waals surface area (Å²) in [6, 6.07) is 0. The molecule has 144 valence electrons. The van der Waals surface area contributed by atoms with E-state index < -0.39 is 0 Å². The van der Waals surface area contributed by atoms with Gasteiger partial charge in [0.2, 0.25) is 0 Å². The molecular formula is C21H44N2O. The van der Waals surface area contributed by atoms with Crippen LogP contribution in [0.5, 0.6) is 0 Å². The molecule has 0 spiro atoms. The molecule has 0 aliphatic carbocycles. The van der Waals surface area contributed by atoms with Crippen LogP contribution < -0.4 is 5.73 Å². The first-order chi connectivity index (χ1) is 11.6. The van der Waals surface area contributed by atoms with E-state index in [4.69, 9.17) is 5.73 Å². The maximum atomic E-state index is 10.2. The SMILES string of the molecule is CCCCCCCCCCCCC(O)CN1CCC(C)(CN)CC1. The van der Waals surface area contributed by atoms with Crippen molar-refractivity contribution in [1.29, 1.82) is 0 Å². The maximum Gasteiger partial charge on any atom is 0.0667 e. The van der Waals surface area contributed by atoms with Crippen LogP contribution in [0.4, 0.5) is 0 Å². The second-order valence-corrected chi connectivity index (χ2v) is 8.44. The van der Waals surface area contributed by atoms with Crippen molar-refractivity contribution >= 4 is 0 Å². The molecule has 0 saturated carbocycles. The molecular weight excluding hydrogens is 296 g/mol. The molecule has 0 aromatic carbocycles. The number of β-amino-alcohol motifs (C(OH)–C–C–N with tert-alkyl or cyclic N) is 1. The molecule has 0 aromatic rings. The third-order valence-electron chi connectivity index (χ3n) is 5.92. The van der Waals surface area contributed by atoms with E-state index in [1.54, 1.807) is 0 Å². The minimum atomic E-state index is -0.138. The van der Waals surface area contributed by atoms with E-state index in [-0.39, 0.29) is 6.10 Å². The standard InChI is InChI=1S/C21H44N2O/c1-3-4-5-6-7-8-9-10-11-12-13-20(24)18-23-16-14-21(2,19-22)15-17-23/h20,24H,3-19,22H2,1-2H3. The van der Waals surface area contributed by atoms with Gasteiger partial charge in [-0.3, -0.25) is 0 Å². The van der Waals surface area contributed by atoms with Gasteiger partial charge in [0.15, 0.2) is 0 Å². The number of rotatable bonds is 14. The highest BCUT2D eigenvalue weighted by Crippen LogP contribution is 2.29. The van der Waals surface area contributed by atoms with Gasteiger partial charge in [-0.2, -0.15) is 0 Å². The number of unbranched alkanes of at least 4 members (excludes halogenated alkanes) is 9. The molecule has 24 heavy (non-hydrogen) atoms. The van der Waals surface area contributed by atoms with Crippen molar-refractivity contribution in [2.75, 3.05) is 26.2 Å². The highest BCUT2D eigenvalue weighted by molar-refractivity contribution is 4.83. The number of aliphatic hydroxyl groups excluding tert-OH is 1. The lowest BCUT2D eigenvalue weighted by molar-refractivity contribution is 0.0622. The van der Waals surface area contributed by atoms with E-state index in [1.165, 1.54) is 77.0 Å². The predicted molar refractivity (Wildman–Crippen MR) is 105 cm³/mol. The Bertz CT molecular complexity index is 288. The molecule has 1 heterocycles. The Morgan fingerprint density at radius 2 is 1.42 bits per heavy atom. The summed E-state index contributed by atoms with van der Waals surface area (Å²) in [4.78, 5) is 2.43. The zero-order valence-electron chi connectivity index (χ0n) is 16.6. The molecule has 3 N–H and O–H groups in total. The summed E-state index contributed by atoms with van der Waals surface area (Å²) >= 11 is 0. The van der Waals surface area contributed by atoms with Gasteiger partial charge in [-0.05, 0) is 44.3 Å². The Morgan fingerprint density at radius 3 is 1.92 bits per heavy atom. The Morgan fingerprint density at radius 1 is 0.917 bits per heavy atom. The van der Waals surface area contributed by atoms with Crippen LogP contribution in [-0.4, -0.2) is 42.3 Å². The van der Waals surface area contributed by atoms with Crippen molar-refractivity contribution in [3.05, 3.63) is 0 Å². The van der Waals surface area contributed by atoms with Gasteiger partial charge in [-0.15, -0.1) is 0 Å². The fourth-order valence-corrected chi connectivity index (χ4v) is 3.74. The Labute approximate surface area is 151 Å². The molecule has 1 aliphatic rings. The molecule has 0 aromatic heterocycles. The zero-order chi connectivity index (χ0) is 17.7. The Hall–Kier alpha value is -0.120. The van der Waals surface area contributed by atoms with E-state index in [2.05, 4.69) is 18.7 Å².